The normalized spacial score (nSPS) is 11.5. The summed E-state index contributed by atoms with van der Waals surface area (Å²) in [6.45, 7) is 1.75. The molecule has 1 aromatic carbocycles. The number of nitrogens with zero attached hydrogens (tertiary/aromatic N) is 3. The summed E-state index contributed by atoms with van der Waals surface area (Å²) in [6.07, 6.45) is 0. The van der Waals surface area contributed by atoms with Crippen molar-refractivity contribution in [2.75, 3.05) is 0 Å². The molecule has 0 radical (unpaired) electrons. The Morgan fingerprint density at radius 3 is 2.50 bits per heavy atom. The SMILES string of the molecule is CC(N=[N+]=[N-])c1ccc(C(=O)O)cc1. The van der Waals surface area contributed by atoms with Crippen LogP contribution in [0.1, 0.15) is 28.9 Å². The van der Waals surface area contributed by atoms with Gasteiger partial charge in [0.1, 0.15) is 0 Å². The van der Waals surface area contributed by atoms with E-state index < -0.39 is 5.97 Å². The first-order valence-corrected chi connectivity index (χ1v) is 4.02. The fourth-order valence-corrected chi connectivity index (χ4v) is 1.05. The van der Waals surface area contributed by atoms with Gasteiger partial charge < -0.3 is 5.11 Å². The van der Waals surface area contributed by atoms with Gasteiger partial charge >= 0.3 is 5.97 Å². The van der Waals surface area contributed by atoms with Crippen molar-refractivity contribution in [2.45, 2.75) is 13.0 Å². The van der Waals surface area contributed by atoms with Crippen molar-refractivity contribution in [1.29, 1.82) is 0 Å². The van der Waals surface area contributed by atoms with Gasteiger partial charge in [-0.25, -0.2) is 4.79 Å². The third kappa shape index (κ3) is 2.24. The van der Waals surface area contributed by atoms with Gasteiger partial charge in [0.2, 0.25) is 0 Å². The van der Waals surface area contributed by atoms with Gasteiger partial charge in [-0.2, -0.15) is 0 Å². The molecule has 1 N–H and O–H groups in total. The molecule has 0 aliphatic carbocycles. The average Bonchev–Trinajstić information content (AvgIpc) is 2.18. The Balaban J connectivity index is 2.93. The maximum absolute atomic E-state index is 10.5. The molecule has 5 nitrogen and oxygen atoms in total. The fourth-order valence-electron chi connectivity index (χ4n) is 1.05. The third-order valence-corrected chi connectivity index (χ3v) is 1.86. The Morgan fingerprint density at radius 2 is 2.07 bits per heavy atom. The highest BCUT2D eigenvalue weighted by Gasteiger charge is 2.05. The van der Waals surface area contributed by atoms with Crippen molar-refractivity contribution in [2.24, 2.45) is 5.11 Å². The highest BCUT2D eigenvalue weighted by Crippen LogP contribution is 2.17. The number of hydrogen-bond donors (Lipinski definition) is 1. The second-order valence-corrected chi connectivity index (χ2v) is 2.81. The van der Waals surface area contributed by atoms with E-state index in [1.165, 1.54) is 12.1 Å². The van der Waals surface area contributed by atoms with Crippen LogP contribution in [0.15, 0.2) is 29.4 Å². The molecule has 72 valence electrons. The minimum absolute atomic E-state index is 0.224. The van der Waals surface area contributed by atoms with Gasteiger partial charge in [-0.05, 0) is 23.2 Å². The summed E-state index contributed by atoms with van der Waals surface area (Å²) >= 11 is 0. The molecule has 5 heteroatoms. The summed E-state index contributed by atoms with van der Waals surface area (Å²) in [5.74, 6) is -0.965. The van der Waals surface area contributed by atoms with Crippen LogP contribution in [-0.2, 0) is 0 Å². The van der Waals surface area contributed by atoms with Crippen LogP contribution >= 0.6 is 0 Å². The molecule has 0 heterocycles. The van der Waals surface area contributed by atoms with Crippen molar-refractivity contribution in [1.82, 2.24) is 0 Å². The summed E-state index contributed by atoms with van der Waals surface area (Å²) in [7, 11) is 0. The zero-order chi connectivity index (χ0) is 10.6. The summed E-state index contributed by atoms with van der Waals surface area (Å²) in [5, 5.41) is 12.1. The minimum atomic E-state index is -0.965. The Hall–Kier alpha value is -2.00. The number of benzene rings is 1. The van der Waals surface area contributed by atoms with Gasteiger partial charge in [0.25, 0.3) is 0 Å². The zero-order valence-electron chi connectivity index (χ0n) is 7.58. The molecule has 0 aromatic heterocycles. The van der Waals surface area contributed by atoms with Gasteiger partial charge in [-0.3, -0.25) is 0 Å². The van der Waals surface area contributed by atoms with E-state index in [1.807, 2.05) is 0 Å². The summed E-state index contributed by atoms with van der Waals surface area (Å²) in [5.41, 5.74) is 9.23. The highest BCUT2D eigenvalue weighted by molar-refractivity contribution is 5.87. The Morgan fingerprint density at radius 1 is 1.50 bits per heavy atom. The fraction of sp³-hybridized carbons (Fsp3) is 0.222. The van der Waals surface area contributed by atoms with Crippen molar-refractivity contribution in [3.63, 3.8) is 0 Å². The lowest BCUT2D eigenvalue weighted by Gasteiger charge is -2.04. The van der Waals surface area contributed by atoms with E-state index in [0.717, 1.165) is 5.56 Å². The van der Waals surface area contributed by atoms with Gasteiger partial charge in [0.05, 0.1) is 11.6 Å². The van der Waals surface area contributed by atoms with Crippen molar-refractivity contribution >= 4 is 5.97 Å². The predicted octanol–water partition coefficient (Wildman–Crippen LogP) is 2.76. The van der Waals surface area contributed by atoms with Crippen LogP contribution in [0.25, 0.3) is 10.4 Å². The van der Waals surface area contributed by atoms with E-state index >= 15 is 0 Å². The maximum atomic E-state index is 10.5. The van der Waals surface area contributed by atoms with E-state index in [1.54, 1.807) is 19.1 Å². The van der Waals surface area contributed by atoms with Gasteiger partial charge in [-0.15, -0.1) is 0 Å². The molecule has 0 aliphatic heterocycles. The molecule has 0 spiro atoms. The number of carboxylic acid groups (broad SMARTS) is 1. The third-order valence-electron chi connectivity index (χ3n) is 1.86. The molecule has 0 amide bonds. The molecule has 1 atom stereocenters. The van der Waals surface area contributed by atoms with Gasteiger partial charge in [0.15, 0.2) is 0 Å². The predicted molar refractivity (Wildman–Crippen MR) is 51.0 cm³/mol. The molecular formula is C9H9N3O2. The number of azide groups is 1. The Bertz CT molecular complexity index is 380. The first-order valence-electron chi connectivity index (χ1n) is 4.02. The van der Waals surface area contributed by atoms with Crippen LogP contribution in [0.2, 0.25) is 0 Å². The van der Waals surface area contributed by atoms with Crippen LogP contribution in [-0.4, -0.2) is 11.1 Å². The van der Waals surface area contributed by atoms with Crippen molar-refractivity contribution < 1.29 is 9.90 Å². The number of carbonyl (C=O) groups is 1. The number of rotatable bonds is 3. The molecule has 0 saturated heterocycles. The molecule has 14 heavy (non-hydrogen) atoms. The molecule has 0 saturated carbocycles. The second-order valence-electron chi connectivity index (χ2n) is 2.81. The van der Waals surface area contributed by atoms with E-state index in [0.29, 0.717) is 0 Å². The lowest BCUT2D eigenvalue weighted by Crippen LogP contribution is -1.96. The van der Waals surface area contributed by atoms with Crippen LogP contribution in [0.4, 0.5) is 0 Å². The van der Waals surface area contributed by atoms with Crippen molar-refractivity contribution in [3.05, 3.63) is 45.8 Å². The van der Waals surface area contributed by atoms with E-state index in [4.69, 9.17) is 10.6 Å². The van der Waals surface area contributed by atoms with Crippen molar-refractivity contribution in [3.8, 4) is 0 Å². The summed E-state index contributed by atoms with van der Waals surface area (Å²) < 4.78 is 0. The van der Waals surface area contributed by atoms with E-state index in [2.05, 4.69) is 10.0 Å². The summed E-state index contributed by atoms with van der Waals surface area (Å²) in [4.78, 5) is 13.2. The standard InChI is InChI=1S/C9H9N3O2/c1-6(11-12-10)7-2-4-8(5-3-7)9(13)14/h2-6H,1H3,(H,13,14). The van der Waals surface area contributed by atoms with Gasteiger partial charge in [-0.1, -0.05) is 24.2 Å². The molecular weight excluding hydrogens is 182 g/mol. The topological polar surface area (TPSA) is 86.1 Å². The Labute approximate surface area is 80.6 Å². The van der Waals surface area contributed by atoms with Crippen LogP contribution in [0.3, 0.4) is 0 Å². The Kier molecular flexibility index (Phi) is 3.09. The highest BCUT2D eigenvalue weighted by atomic mass is 16.4. The quantitative estimate of drug-likeness (QED) is 0.452. The first kappa shape index (κ1) is 10.1. The first-order chi connectivity index (χ1) is 6.65. The van der Waals surface area contributed by atoms with E-state index in [9.17, 15) is 4.79 Å². The molecule has 1 unspecified atom stereocenters. The smallest absolute Gasteiger partial charge is 0.335 e. The molecule has 0 bridgehead atoms. The molecule has 1 rings (SSSR count). The lowest BCUT2D eigenvalue weighted by atomic mass is 10.1. The van der Waals surface area contributed by atoms with Crippen LogP contribution in [0.5, 0.6) is 0 Å². The monoisotopic (exact) mass is 191 g/mol. The number of carboxylic acids is 1. The minimum Gasteiger partial charge on any atom is -0.478 e. The van der Waals surface area contributed by atoms with Crippen LogP contribution in [0, 0.1) is 0 Å². The van der Waals surface area contributed by atoms with E-state index in [-0.39, 0.29) is 11.6 Å². The van der Waals surface area contributed by atoms with Crippen LogP contribution < -0.4 is 0 Å². The molecule has 1 aromatic rings. The lowest BCUT2D eigenvalue weighted by molar-refractivity contribution is 0.0697. The number of aromatic carboxylic acids is 1. The number of hydrogen-bond acceptors (Lipinski definition) is 2. The molecule has 0 fully saturated rings. The molecule has 0 aliphatic rings. The summed E-state index contributed by atoms with van der Waals surface area (Å²) in [6, 6.07) is 5.98. The largest absolute Gasteiger partial charge is 0.478 e. The zero-order valence-corrected chi connectivity index (χ0v) is 7.58. The average molecular weight is 191 g/mol. The second kappa shape index (κ2) is 4.30. The van der Waals surface area contributed by atoms with Gasteiger partial charge in [0, 0.05) is 4.91 Å². The maximum Gasteiger partial charge on any atom is 0.335 e.